The van der Waals surface area contributed by atoms with Crippen LogP contribution in [-0.2, 0) is 20.6 Å². The second kappa shape index (κ2) is 16.1. The first-order valence-corrected chi connectivity index (χ1v) is 15.8. The summed E-state index contributed by atoms with van der Waals surface area (Å²) in [5.74, 6) is -1.64. The zero-order chi connectivity index (χ0) is 33.2. The van der Waals surface area contributed by atoms with Crippen LogP contribution in [0.15, 0.2) is 84.9 Å². The fourth-order valence-corrected chi connectivity index (χ4v) is 5.80. The molecule has 3 aromatic rings. The van der Waals surface area contributed by atoms with Gasteiger partial charge in [0, 0.05) is 0 Å². The number of piperidine rings is 1. The van der Waals surface area contributed by atoms with Gasteiger partial charge in [0.1, 0.15) is 11.6 Å². The highest BCUT2D eigenvalue weighted by molar-refractivity contribution is 5.80. The summed E-state index contributed by atoms with van der Waals surface area (Å²) in [5.41, 5.74) is 6.63. The summed E-state index contributed by atoms with van der Waals surface area (Å²) in [5, 5.41) is 40.4. The van der Waals surface area contributed by atoms with E-state index >= 15 is 0 Å². The number of hydrogen-bond donors (Lipinski definition) is 5. The molecule has 0 saturated carbocycles. The molecule has 0 spiro atoms. The Hall–Kier alpha value is -3.56. The molecule has 1 aliphatic rings. The largest absolute Gasteiger partial charge is 0.481 e. The lowest BCUT2D eigenvalue weighted by atomic mass is 9.72. The minimum Gasteiger partial charge on any atom is -0.481 e. The molecule has 45 heavy (non-hydrogen) atoms. The number of carboxylic acids is 2. The molecule has 0 amide bonds. The molecule has 4 rings (SSSR count). The fourth-order valence-electron chi connectivity index (χ4n) is 5.80. The summed E-state index contributed by atoms with van der Waals surface area (Å²) in [7, 11) is 0. The van der Waals surface area contributed by atoms with Gasteiger partial charge in [0.15, 0.2) is 0 Å². The summed E-state index contributed by atoms with van der Waals surface area (Å²) in [6, 6.07) is 26.6. The predicted octanol–water partition coefficient (Wildman–Crippen LogP) is 5.56. The molecule has 0 aliphatic carbocycles. The van der Waals surface area contributed by atoms with Gasteiger partial charge >= 0.3 is 11.9 Å². The molecule has 1 heterocycles. The number of nitrogens with zero attached hydrogens (tertiary/aromatic N) is 1. The van der Waals surface area contributed by atoms with Crippen LogP contribution in [0, 0.1) is 11.8 Å². The van der Waals surface area contributed by atoms with E-state index in [1.165, 1.54) is 0 Å². The lowest BCUT2D eigenvalue weighted by molar-refractivity contribution is -0.142. The van der Waals surface area contributed by atoms with Crippen LogP contribution < -0.4 is 5.73 Å². The maximum Gasteiger partial charge on any atom is 0.320 e. The second-order valence-corrected chi connectivity index (χ2v) is 12.9. The van der Waals surface area contributed by atoms with Crippen LogP contribution in [0.2, 0.25) is 0 Å². The quantitative estimate of drug-likeness (QED) is 0.177. The molecule has 0 bridgehead atoms. The van der Waals surface area contributed by atoms with Gasteiger partial charge in [-0.05, 0) is 93.3 Å². The Morgan fingerprint density at radius 1 is 0.844 bits per heavy atom. The first-order valence-electron chi connectivity index (χ1n) is 15.8. The van der Waals surface area contributed by atoms with Gasteiger partial charge in [-0.3, -0.25) is 9.59 Å². The Morgan fingerprint density at radius 3 is 1.73 bits per heavy atom. The first-order chi connectivity index (χ1) is 21.3. The van der Waals surface area contributed by atoms with Crippen molar-refractivity contribution in [3.8, 4) is 0 Å². The van der Waals surface area contributed by atoms with E-state index in [-0.39, 0.29) is 11.8 Å². The number of nitrogens with two attached hydrogens (primary N) is 1. The van der Waals surface area contributed by atoms with Crippen LogP contribution in [0.3, 0.4) is 0 Å². The van der Waals surface area contributed by atoms with E-state index in [9.17, 15) is 24.9 Å². The van der Waals surface area contributed by atoms with Crippen LogP contribution in [0.4, 0.5) is 0 Å². The van der Waals surface area contributed by atoms with E-state index in [1.54, 1.807) is 39.8 Å². The van der Waals surface area contributed by atoms with Crippen LogP contribution in [0.1, 0.15) is 81.7 Å². The van der Waals surface area contributed by atoms with Gasteiger partial charge in [-0.25, -0.2) is 0 Å². The highest BCUT2D eigenvalue weighted by Gasteiger charge is 2.41. The van der Waals surface area contributed by atoms with Gasteiger partial charge in [0.25, 0.3) is 0 Å². The zero-order valence-electron chi connectivity index (χ0n) is 27.0. The molecule has 1 aliphatic heterocycles. The van der Waals surface area contributed by atoms with Crippen molar-refractivity contribution in [2.75, 3.05) is 19.6 Å². The third kappa shape index (κ3) is 9.23. The molecule has 1 unspecified atom stereocenters. The van der Waals surface area contributed by atoms with E-state index < -0.39 is 35.1 Å². The van der Waals surface area contributed by atoms with Crippen LogP contribution in [0.5, 0.6) is 0 Å². The summed E-state index contributed by atoms with van der Waals surface area (Å²) < 4.78 is 0. The molecule has 8 heteroatoms. The monoisotopic (exact) mass is 618 g/mol. The number of aliphatic hydroxyl groups is 2. The minimum atomic E-state index is -1.01. The number of carbonyl (C=O) groups is 2. The van der Waals surface area contributed by atoms with Crippen molar-refractivity contribution in [3.63, 3.8) is 0 Å². The predicted molar refractivity (Wildman–Crippen MR) is 177 cm³/mol. The van der Waals surface area contributed by atoms with Crippen LogP contribution in [0.25, 0.3) is 0 Å². The Balaban J connectivity index is 0.000000610. The third-order valence-electron chi connectivity index (χ3n) is 9.11. The molecule has 1 fully saturated rings. The Bertz CT molecular complexity index is 1300. The molecule has 2 atom stereocenters. The third-order valence-corrected chi connectivity index (χ3v) is 9.11. The van der Waals surface area contributed by atoms with Crippen molar-refractivity contribution in [2.24, 2.45) is 17.6 Å². The van der Waals surface area contributed by atoms with E-state index in [1.807, 2.05) is 72.8 Å². The first kappa shape index (κ1) is 35.9. The van der Waals surface area contributed by atoms with Crippen molar-refractivity contribution in [1.29, 1.82) is 0 Å². The number of aliphatic carboxylic acids is 2. The highest BCUT2D eigenvalue weighted by Crippen LogP contribution is 2.42. The van der Waals surface area contributed by atoms with Crippen LogP contribution >= 0.6 is 0 Å². The fraction of sp³-hybridized carbons (Fsp3) is 0.459. The van der Waals surface area contributed by atoms with Gasteiger partial charge < -0.3 is 31.1 Å². The average molecular weight is 619 g/mol. The Morgan fingerprint density at radius 2 is 1.33 bits per heavy atom. The number of likely N-dealkylation sites (tertiary alicyclic amines) is 1. The van der Waals surface area contributed by atoms with E-state index in [0.29, 0.717) is 6.42 Å². The number of carboxylic acid groups (broad SMARTS) is 2. The van der Waals surface area contributed by atoms with Crippen LogP contribution in [-0.4, -0.2) is 62.9 Å². The molecule has 244 valence electrons. The normalized spacial score (nSPS) is 16.0. The number of rotatable bonds is 12. The highest BCUT2D eigenvalue weighted by atomic mass is 16.4. The van der Waals surface area contributed by atoms with Gasteiger partial charge in [-0.2, -0.15) is 0 Å². The smallest absolute Gasteiger partial charge is 0.320 e. The van der Waals surface area contributed by atoms with Gasteiger partial charge in [0.05, 0.1) is 11.5 Å². The van der Waals surface area contributed by atoms with Crippen molar-refractivity contribution >= 4 is 11.9 Å². The summed E-state index contributed by atoms with van der Waals surface area (Å²) in [6.45, 7) is 9.67. The summed E-state index contributed by atoms with van der Waals surface area (Å²) in [4.78, 5) is 23.9. The Labute approximate surface area is 267 Å². The van der Waals surface area contributed by atoms with E-state index in [2.05, 4.69) is 4.90 Å². The van der Waals surface area contributed by atoms with Gasteiger partial charge in [-0.15, -0.1) is 0 Å². The molecule has 0 aromatic heterocycles. The van der Waals surface area contributed by atoms with E-state index in [4.69, 9.17) is 10.8 Å². The van der Waals surface area contributed by atoms with E-state index in [0.717, 1.165) is 61.2 Å². The molecular weight excluding hydrogens is 568 g/mol. The number of aliphatic hydroxyl groups excluding tert-OH is 1. The molecule has 0 radical (unpaired) electrons. The second-order valence-electron chi connectivity index (χ2n) is 12.9. The average Bonchev–Trinajstić information content (AvgIpc) is 3.05. The molecule has 1 saturated heterocycles. The lowest BCUT2D eigenvalue weighted by Gasteiger charge is -2.42. The lowest BCUT2D eigenvalue weighted by Crippen LogP contribution is -2.44. The molecule has 6 N–H and O–H groups in total. The number of hydrogen-bond acceptors (Lipinski definition) is 6. The van der Waals surface area contributed by atoms with Gasteiger partial charge in [-0.1, -0.05) is 98.8 Å². The van der Waals surface area contributed by atoms with Gasteiger partial charge in [0.2, 0.25) is 0 Å². The number of benzene rings is 3. The SMILES string of the molecule is CC(C)(C(=O)O)c1ccc(C(O)CCCN2CCC(C(O)(c3ccccc3)c3ccccc3)CC2)cc1.CC(C)[C@H](N)C(=O)O. The van der Waals surface area contributed by atoms with Crippen molar-refractivity contribution in [1.82, 2.24) is 4.90 Å². The minimum absolute atomic E-state index is 0.0208. The molecule has 8 nitrogen and oxygen atoms in total. The maximum absolute atomic E-state index is 12.1. The topological polar surface area (TPSA) is 144 Å². The molecular formula is C37H50N2O6. The standard InChI is InChI=1S/C32H39NO4.C5H11NO2/c1-31(2,30(35)36)25-17-15-24(16-18-25)29(34)14-9-21-33-22-19-28(20-23-33)32(37,26-10-5-3-6-11-26)27-12-7-4-8-13-27;1-3(2)4(6)5(7)8/h3-8,10-13,15-18,28-29,34,37H,9,14,19-23H2,1-2H3,(H,35,36);3-4H,6H2,1-2H3,(H,7,8)/t;4-/m.0/s1. The van der Waals surface area contributed by atoms with Crippen molar-refractivity contribution in [3.05, 3.63) is 107 Å². The maximum atomic E-state index is 12.1. The van der Waals surface area contributed by atoms with Crippen molar-refractivity contribution < 1.29 is 30.0 Å². The summed E-state index contributed by atoms with van der Waals surface area (Å²) in [6.07, 6.45) is 2.77. The summed E-state index contributed by atoms with van der Waals surface area (Å²) >= 11 is 0. The van der Waals surface area contributed by atoms with Crippen molar-refractivity contribution in [2.45, 2.75) is 76.5 Å². The Kier molecular flexibility index (Phi) is 12.9. The zero-order valence-corrected chi connectivity index (χ0v) is 27.0. The molecule has 3 aromatic carbocycles.